The van der Waals surface area contributed by atoms with Gasteiger partial charge in [-0.25, -0.2) is 0 Å². The molecule has 1 heterocycles. The van der Waals surface area contributed by atoms with Crippen LogP contribution >= 0.6 is 0 Å². The summed E-state index contributed by atoms with van der Waals surface area (Å²) in [5.41, 5.74) is -1.81. The lowest BCUT2D eigenvalue weighted by Gasteiger charge is -2.53. The van der Waals surface area contributed by atoms with Crippen LogP contribution in [-0.4, -0.2) is 81.5 Å². The van der Waals surface area contributed by atoms with Crippen LogP contribution < -0.4 is 0 Å². The molecule has 0 radical (unpaired) electrons. The SMILES string of the molecule is CC1C(=O)OC(=O)C1C1C2CC(C(C(=O)O)C2C(=O)OC2CC3CCC2(C)C3(C)C)C1C1C2CC(CC2C(CC(=O)OC(C)(C)C)OC(=O)C2CCCCC2)C1C1C(C)C2CC(C(O)CC(=O)OC(C)(C)C)C1C2. The molecule has 23 atom stereocenters. The van der Waals surface area contributed by atoms with Crippen molar-refractivity contribution in [2.75, 3.05) is 0 Å². The highest BCUT2D eigenvalue weighted by Gasteiger charge is 2.74. The van der Waals surface area contributed by atoms with Gasteiger partial charge in [0, 0.05) is 5.41 Å². The van der Waals surface area contributed by atoms with Gasteiger partial charge < -0.3 is 33.9 Å². The van der Waals surface area contributed by atoms with Gasteiger partial charge in [0.05, 0.1) is 48.5 Å². The second-order valence-electron chi connectivity index (χ2n) is 28.9. The molecule has 2 N–H and O–H groups in total. The Hall–Kier alpha value is -3.55. The Morgan fingerprint density at radius 3 is 1.82 bits per heavy atom. The second kappa shape index (κ2) is 19.1. The van der Waals surface area contributed by atoms with Gasteiger partial charge in [0.1, 0.15) is 23.4 Å². The molecule has 10 rings (SSSR count). The maximum absolute atomic E-state index is 15.1. The van der Waals surface area contributed by atoms with Gasteiger partial charge >= 0.3 is 41.8 Å². The summed E-state index contributed by atoms with van der Waals surface area (Å²) in [6.45, 7) is 21.6. The summed E-state index contributed by atoms with van der Waals surface area (Å²) in [5, 5.41) is 23.5. The molecule has 0 aromatic heterocycles. The van der Waals surface area contributed by atoms with Gasteiger partial charge in [-0.3, -0.25) is 33.6 Å². The maximum Gasteiger partial charge on any atom is 0.317 e. The van der Waals surface area contributed by atoms with Crippen LogP contribution in [0.5, 0.6) is 0 Å². The highest BCUT2D eigenvalue weighted by molar-refractivity contribution is 5.96. The first-order chi connectivity index (χ1) is 34.6. The van der Waals surface area contributed by atoms with Crippen molar-refractivity contribution in [3.63, 3.8) is 0 Å². The third-order valence-corrected chi connectivity index (χ3v) is 23.0. The Kier molecular flexibility index (Phi) is 13.9. The molecule has 0 amide bonds. The number of carbonyl (C=O) groups excluding carboxylic acids is 6. The van der Waals surface area contributed by atoms with Crippen LogP contribution in [0.15, 0.2) is 0 Å². The number of carboxylic acid groups (broad SMARTS) is 1. The van der Waals surface area contributed by atoms with E-state index in [1.165, 1.54) is 0 Å². The third-order valence-electron chi connectivity index (χ3n) is 23.0. The lowest BCUT2D eigenvalue weighted by atomic mass is 9.51. The Bertz CT molecular complexity index is 2250. The second-order valence-corrected chi connectivity index (χ2v) is 28.9. The van der Waals surface area contributed by atoms with E-state index in [0.29, 0.717) is 18.8 Å². The molecule has 10 fully saturated rings. The van der Waals surface area contributed by atoms with Gasteiger partial charge in [-0.05, 0) is 200 Å². The number of hydrogen-bond acceptors (Lipinski definition) is 13. The molecule has 74 heavy (non-hydrogen) atoms. The smallest absolute Gasteiger partial charge is 0.317 e. The monoisotopic (exact) mass is 1030 g/mol. The van der Waals surface area contributed by atoms with Crippen molar-refractivity contribution < 1.29 is 67.5 Å². The Balaban J connectivity index is 1.05. The van der Waals surface area contributed by atoms with Crippen LogP contribution in [0.25, 0.3) is 0 Å². The minimum absolute atomic E-state index is 0.0136. The van der Waals surface area contributed by atoms with E-state index in [-0.39, 0.29) is 101 Å². The van der Waals surface area contributed by atoms with Crippen molar-refractivity contribution in [1.82, 2.24) is 0 Å². The number of rotatable bonds is 14. The molecule has 14 nitrogen and oxygen atoms in total. The number of carboxylic acids is 1. The molecule has 1 aliphatic heterocycles. The summed E-state index contributed by atoms with van der Waals surface area (Å²) in [7, 11) is 0. The van der Waals surface area contributed by atoms with Gasteiger partial charge in [0.15, 0.2) is 0 Å². The van der Waals surface area contributed by atoms with Gasteiger partial charge in [-0.1, -0.05) is 53.9 Å². The van der Waals surface area contributed by atoms with Gasteiger partial charge in [0.2, 0.25) is 0 Å². The van der Waals surface area contributed by atoms with Crippen molar-refractivity contribution in [3.05, 3.63) is 0 Å². The quantitative estimate of drug-likeness (QED) is 0.0945. The molecule has 412 valence electrons. The first-order valence-electron chi connectivity index (χ1n) is 29.1. The van der Waals surface area contributed by atoms with E-state index in [9.17, 15) is 39.0 Å². The minimum atomic E-state index is -1.10. The summed E-state index contributed by atoms with van der Waals surface area (Å²) in [6, 6.07) is 0. The molecule has 1 saturated heterocycles. The van der Waals surface area contributed by atoms with E-state index >= 15 is 4.79 Å². The first-order valence-corrected chi connectivity index (χ1v) is 29.1. The fraction of sp³-hybridized carbons (Fsp3) is 0.883. The maximum atomic E-state index is 15.1. The molecule has 9 aliphatic carbocycles. The predicted octanol–water partition coefficient (Wildman–Crippen LogP) is 9.39. The zero-order valence-electron chi connectivity index (χ0n) is 46.2. The number of hydrogen-bond donors (Lipinski definition) is 2. The van der Waals surface area contributed by atoms with E-state index in [1.54, 1.807) is 6.92 Å². The highest BCUT2D eigenvalue weighted by Crippen LogP contribution is 2.74. The fourth-order valence-electron chi connectivity index (χ4n) is 19.8. The lowest BCUT2D eigenvalue weighted by molar-refractivity contribution is -0.178. The average molecular weight is 1030 g/mol. The standard InChI is InChI=1S/C60H88O14/c1-27-30-19-33(39(61)25-42(62)73-57(3,4)5)35(20-30)44(27)46-31-21-34(40(26-43(63)74-58(6,7)8)70-54(67)29-15-13-12-14-16-29)36(22-31)47(46)49-37-24-38(48(49)45-28(2)53(66)72-55(45)68)51(50(37)52(64)65)56(69)71-41-23-32-17-18-60(41,11)59(32,9)10/h27-41,44-51,61H,12-26H2,1-11H3,(H,64,65). The van der Waals surface area contributed by atoms with Crippen LogP contribution in [0.4, 0.5) is 0 Å². The van der Waals surface area contributed by atoms with E-state index in [1.807, 2.05) is 41.5 Å². The number of fused-ring (bicyclic) bond motifs is 8. The van der Waals surface area contributed by atoms with E-state index in [0.717, 1.165) is 70.6 Å². The summed E-state index contributed by atoms with van der Waals surface area (Å²) in [6.07, 6.45) is 8.16. The average Bonchev–Trinajstić information content (AvgIpc) is 4.20. The molecule has 9 saturated carbocycles. The number of aliphatic carboxylic acids is 1. The molecule has 14 heteroatoms. The molecule has 0 aromatic carbocycles. The van der Waals surface area contributed by atoms with Crippen LogP contribution in [0.2, 0.25) is 0 Å². The van der Waals surface area contributed by atoms with E-state index < -0.39 is 107 Å². The van der Waals surface area contributed by atoms with Crippen molar-refractivity contribution in [1.29, 1.82) is 0 Å². The number of aliphatic hydroxyl groups is 1. The number of cyclic esters (lactones) is 2. The fourth-order valence-corrected chi connectivity index (χ4v) is 19.8. The minimum Gasteiger partial charge on any atom is -0.481 e. The molecule has 8 bridgehead atoms. The molecule has 10 aliphatic rings. The van der Waals surface area contributed by atoms with Crippen LogP contribution in [0, 0.1) is 129 Å². The zero-order chi connectivity index (χ0) is 53.5. The summed E-state index contributed by atoms with van der Waals surface area (Å²) < 4.78 is 30.3. The number of aliphatic hydroxyl groups excluding tert-OH is 1. The topological polar surface area (TPSA) is 206 Å². The van der Waals surface area contributed by atoms with Crippen molar-refractivity contribution >= 4 is 41.8 Å². The van der Waals surface area contributed by atoms with Crippen molar-refractivity contribution in [2.45, 2.75) is 202 Å². The molecule has 23 unspecified atom stereocenters. The highest BCUT2D eigenvalue weighted by atomic mass is 16.6. The van der Waals surface area contributed by atoms with E-state index in [4.69, 9.17) is 23.7 Å². The lowest BCUT2D eigenvalue weighted by Crippen LogP contribution is -2.54. The van der Waals surface area contributed by atoms with Gasteiger partial charge in [0.25, 0.3) is 0 Å². The molecule has 0 spiro atoms. The summed E-state index contributed by atoms with van der Waals surface area (Å²) in [4.78, 5) is 98.6. The normalized spacial score (nSPS) is 44.6. The number of ether oxygens (including phenoxy) is 5. The van der Waals surface area contributed by atoms with Crippen molar-refractivity contribution in [3.8, 4) is 0 Å². The van der Waals surface area contributed by atoms with Gasteiger partial charge in [-0.2, -0.15) is 0 Å². The third kappa shape index (κ3) is 9.05. The Labute approximate surface area is 438 Å². The largest absolute Gasteiger partial charge is 0.481 e. The van der Waals surface area contributed by atoms with Crippen LogP contribution in [0.1, 0.15) is 172 Å². The van der Waals surface area contributed by atoms with Crippen molar-refractivity contribution in [2.24, 2.45) is 129 Å². The molecular formula is C60H88O14. The number of esters is 6. The van der Waals surface area contributed by atoms with E-state index in [2.05, 4.69) is 27.7 Å². The Morgan fingerprint density at radius 2 is 1.26 bits per heavy atom. The van der Waals surface area contributed by atoms with Gasteiger partial charge in [-0.15, -0.1) is 0 Å². The van der Waals surface area contributed by atoms with Crippen LogP contribution in [-0.2, 0) is 57.2 Å². The molecular weight excluding hydrogens is 945 g/mol. The zero-order valence-corrected chi connectivity index (χ0v) is 46.2. The Morgan fingerprint density at radius 1 is 0.662 bits per heavy atom. The predicted molar refractivity (Wildman–Crippen MR) is 268 cm³/mol. The summed E-state index contributed by atoms with van der Waals surface area (Å²) in [5.74, 6) is -10.1. The number of carbonyl (C=O) groups is 7. The first kappa shape index (κ1) is 53.8. The summed E-state index contributed by atoms with van der Waals surface area (Å²) >= 11 is 0. The van der Waals surface area contributed by atoms with Crippen LogP contribution in [0.3, 0.4) is 0 Å². The molecule has 0 aromatic rings.